The lowest BCUT2D eigenvalue weighted by Crippen LogP contribution is -2.48. The van der Waals surface area contributed by atoms with Gasteiger partial charge < -0.3 is 20.5 Å². The van der Waals surface area contributed by atoms with Gasteiger partial charge in [0.2, 0.25) is 0 Å². The predicted molar refractivity (Wildman–Crippen MR) is 125 cm³/mol. The number of aliphatic imine (C=N–C) groups is 1. The quantitative estimate of drug-likeness (QED) is 0.282. The Hall–Kier alpha value is -0.680. The predicted octanol–water partition coefficient (Wildman–Crippen LogP) is 2.59. The second-order valence-corrected chi connectivity index (χ2v) is 8.22. The largest absolute Gasteiger partial charge is 0.387 e. The normalized spacial score (nSPS) is 24.4. The summed E-state index contributed by atoms with van der Waals surface area (Å²) in [6, 6.07) is 4.86. The molecule has 3 atom stereocenters. The van der Waals surface area contributed by atoms with Crippen LogP contribution in [0.3, 0.4) is 0 Å². The molecule has 29 heavy (non-hydrogen) atoms. The molecule has 3 unspecified atom stereocenters. The maximum absolute atomic E-state index is 14.1. The van der Waals surface area contributed by atoms with Crippen LogP contribution in [0.15, 0.2) is 23.2 Å². The number of nitrogens with one attached hydrogen (secondary N) is 2. The van der Waals surface area contributed by atoms with Crippen LogP contribution >= 0.6 is 35.6 Å². The molecule has 0 bridgehead atoms. The highest BCUT2D eigenvalue weighted by Crippen LogP contribution is 2.44. The maximum atomic E-state index is 14.1. The fourth-order valence-corrected chi connectivity index (χ4v) is 3.88. The molecule has 3 N–H and O–H groups in total. The van der Waals surface area contributed by atoms with Gasteiger partial charge in [0.15, 0.2) is 5.96 Å². The molecule has 6 nitrogen and oxygen atoms in total. The fourth-order valence-electron chi connectivity index (χ4n) is 3.57. The molecule has 9 heteroatoms. The zero-order valence-electron chi connectivity index (χ0n) is 17.0. The van der Waals surface area contributed by atoms with E-state index in [4.69, 9.17) is 16.3 Å². The van der Waals surface area contributed by atoms with Gasteiger partial charge in [0.1, 0.15) is 5.82 Å². The van der Waals surface area contributed by atoms with Crippen LogP contribution in [0.5, 0.6) is 0 Å². The van der Waals surface area contributed by atoms with Crippen molar-refractivity contribution in [2.24, 2.45) is 4.99 Å². The van der Waals surface area contributed by atoms with Gasteiger partial charge in [0.25, 0.3) is 0 Å². The van der Waals surface area contributed by atoms with E-state index < -0.39 is 5.60 Å². The molecule has 1 aliphatic carbocycles. The van der Waals surface area contributed by atoms with Crippen molar-refractivity contribution >= 4 is 41.5 Å². The lowest BCUT2D eigenvalue weighted by atomic mass is 10.1. The molecule has 1 saturated heterocycles. The molecule has 0 amide bonds. The number of aliphatic hydroxyl groups is 1. The van der Waals surface area contributed by atoms with Crippen molar-refractivity contribution < 1.29 is 14.2 Å². The third kappa shape index (κ3) is 7.20. The molecule has 0 radical (unpaired) electrons. The Labute approximate surface area is 194 Å². The average Bonchev–Trinajstić information content (AvgIpc) is 3.39. The molecule has 2 aliphatic rings. The number of guanidine groups is 1. The van der Waals surface area contributed by atoms with E-state index in [0.29, 0.717) is 42.8 Å². The van der Waals surface area contributed by atoms with E-state index in [9.17, 15) is 9.50 Å². The number of halogens is 3. The molecule has 0 spiro atoms. The summed E-state index contributed by atoms with van der Waals surface area (Å²) in [5.41, 5.74) is -0.367. The summed E-state index contributed by atoms with van der Waals surface area (Å²) >= 11 is 6.18. The molecule has 1 heterocycles. The molecule has 1 saturated carbocycles. The number of nitrogens with zero attached hydrogens (tertiary/aromatic N) is 2. The van der Waals surface area contributed by atoms with Gasteiger partial charge in [0, 0.05) is 48.7 Å². The van der Waals surface area contributed by atoms with E-state index in [-0.39, 0.29) is 48.3 Å². The Morgan fingerprint density at radius 1 is 1.41 bits per heavy atom. The molecular formula is C20H31ClFIN4O2. The second kappa shape index (κ2) is 11.1. The summed E-state index contributed by atoms with van der Waals surface area (Å²) in [6.07, 6.45) is 0.801. The minimum absolute atomic E-state index is 0. The summed E-state index contributed by atoms with van der Waals surface area (Å²) in [6.45, 7) is 8.37. The van der Waals surface area contributed by atoms with E-state index in [2.05, 4.69) is 20.5 Å². The molecule has 2 fully saturated rings. The number of hydrogen-bond acceptors (Lipinski definition) is 4. The summed E-state index contributed by atoms with van der Waals surface area (Å²) < 4.78 is 19.5. The fraction of sp³-hybridized carbons (Fsp3) is 0.650. The van der Waals surface area contributed by atoms with E-state index in [1.165, 1.54) is 6.07 Å². The number of hydrogen-bond donors (Lipinski definition) is 3. The number of morpholine rings is 1. The average molecular weight is 541 g/mol. The third-order valence-electron chi connectivity index (χ3n) is 5.07. The molecule has 1 aliphatic heterocycles. The van der Waals surface area contributed by atoms with Crippen molar-refractivity contribution in [1.82, 2.24) is 15.5 Å². The van der Waals surface area contributed by atoms with Crippen molar-refractivity contribution in [3.63, 3.8) is 0 Å². The number of ether oxygens (including phenoxy) is 1. The molecular weight excluding hydrogens is 510 g/mol. The third-order valence-corrected chi connectivity index (χ3v) is 5.40. The van der Waals surface area contributed by atoms with E-state index >= 15 is 0 Å². The Morgan fingerprint density at radius 3 is 2.79 bits per heavy atom. The van der Waals surface area contributed by atoms with Gasteiger partial charge in [-0.15, -0.1) is 24.0 Å². The highest BCUT2D eigenvalue weighted by Gasteiger charge is 2.42. The van der Waals surface area contributed by atoms with Crippen LogP contribution in [0.25, 0.3) is 0 Å². The Balaban J connectivity index is 0.00000300. The standard InChI is InChI=1S/C20H30ClFN4O2.HI/c1-3-23-19(24-12-20(2,27)13-26-7-9-28-10-8-26)25-17-11-14(17)18-15(21)5-4-6-16(18)22;/h4-6,14,17,27H,3,7-13H2,1-2H3,(H2,23,24,25);1H. The lowest BCUT2D eigenvalue weighted by molar-refractivity contribution is -0.0180. The molecule has 1 aromatic rings. The minimum atomic E-state index is -0.933. The van der Waals surface area contributed by atoms with E-state index in [1.54, 1.807) is 19.1 Å². The van der Waals surface area contributed by atoms with Gasteiger partial charge in [-0.2, -0.15) is 0 Å². The summed E-state index contributed by atoms with van der Waals surface area (Å²) in [4.78, 5) is 6.75. The van der Waals surface area contributed by atoms with Crippen LogP contribution in [-0.2, 0) is 4.74 Å². The van der Waals surface area contributed by atoms with Crippen molar-refractivity contribution in [2.45, 2.75) is 37.8 Å². The molecule has 164 valence electrons. The highest BCUT2D eigenvalue weighted by molar-refractivity contribution is 14.0. The van der Waals surface area contributed by atoms with Crippen LogP contribution in [0.4, 0.5) is 4.39 Å². The van der Waals surface area contributed by atoms with Crippen LogP contribution in [0.1, 0.15) is 31.7 Å². The summed E-state index contributed by atoms with van der Waals surface area (Å²) in [5, 5.41) is 17.7. The van der Waals surface area contributed by atoms with Gasteiger partial charge >= 0.3 is 0 Å². The maximum Gasteiger partial charge on any atom is 0.191 e. The molecule has 1 aromatic carbocycles. The smallest absolute Gasteiger partial charge is 0.191 e. The van der Waals surface area contributed by atoms with Gasteiger partial charge in [-0.3, -0.25) is 9.89 Å². The zero-order chi connectivity index (χ0) is 20.1. The van der Waals surface area contributed by atoms with Crippen LogP contribution in [-0.4, -0.2) is 73.5 Å². The van der Waals surface area contributed by atoms with E-state index in [1.807, 2.05) is 6.92 Å². The Morgan fingerprint density at radius 2 is 2.14 bits per heavy atom. The Bertz CT molecular complexity index is 681. The highest BCUT2D eigenvalue weighted by atomic mass is 127. The minimum Gasteiger partial charge on any atom is -0.387 e. The van der Waals surface area contributed by atoms with Gasteiger partial charge in [0.05, 0.1) is 25.4 Å². The first-order chi connectivity index (χ1) is 13.4. The van der Waals surface area contributed by atoms with Crippen LogP contribution in [0, 0.1) is 5.82 Å². The van der Waals surface area contributed by atoms with Crippen molar-refractivity contribution in [2.75, 3.05) is 45.9 Å². The molecule has 3 rings (SSSR count). The summed E-state index contributed by atoms with van der Waals surface area (Å²) in [7, 11) is 0. The SMILES string of the molecule is CCNC(=NCC(C)(O)CN1CCOCC1)NC1CC1c1c(F)cccc1Cl.I. The second-order valence-electron chi connectivity index (χ2n) is 7.81. The van der Waals surface area contributed by atoms with Gasteiger partial charge in [-0.05, 0) is 32.4 Å². The van der Waals surface area contributed by atoms with Crippen molar-refractivity contribution in [3.8, 4) is 0 Å². The first-order valence-corrected chi connectivity index (χ1v) is 10.3. The zero-order valence-corrected chi connectivity index (χ0v) is 20.0. The number of β-amino-alcohol motifs (C(OH)–C–C–N with tert-alkyl or cyclic N) is 1. The van der Waals surface area contributed by atoms with Crippen molar-refractivity contribution in [3.05, 3.63) is 34.6 Å². The molecule has 0 aromatic heterocycles. The van der Waals surface area contributed by atoms with E-state index in [0.717, 1.165) is 19.5 Å². The monoisotopic (exact) mass is 540 g/mol. The van der Waals surface area contributed by atoms with Gasteiger partial charge in [-0.1, -0.05) is 17.7 Å². The topological polar surface area (TPSA) is 69.1 Å². The lowest BCUT2D eigenvalue weighted by Gasteiger charge is -2.33. The number of rotatable bonds is 7. The number of benzene rings is 1. The van der Waals surface area contributed by atoms with Crippen LogP contribution < -0.4 is 10.6 Å². The first-order valence-electron chi connectivity index (χ1n) is 9.91. The van der Waals surface area contributed by atoms with Crippen LogP contribution in [0.2, 0.25) is 5.02 Å². The Kier molecular flexibility index (Phi) is 9.40. The van der Waals surface area contributed by atoms with Crippen molar-refractivity contribution in [1.29, 1.82) is 0 Å². The van der Waals surface area contributed by atoms with Gasteiger partial charge in [-0.25, -0.2) is 4.39 Å². The first kappa shape index (κ1) is 24.6. The summed E-state index contributed by atoms with van der Waals surface area (Å²) in [5.74, 6) is 0.397.